The second kappa shape index (κ2) is 4.45. The molecule has 16 heavy (non-hydrogen) atoms. The number of aryl methyl sites for hydroxylation is 1. The second-order valence-electron chi connectivity index (χ2n) is 3.72. The van der Waals surface area contributed by atoms with Crippen LogP contribution in [0.2, 0.25) is 0 Å². The lowest BCUT2D eigenvalue weighted by molar-refractivity contribution is 0.575. The fourth-order valence-corrected chi connectivity index (χ4v) is 1.58. The first-order chi connectivity index (χ1) is 7.72. The van der Waals surface area contributed by atoms with Gasteiger partial charge in [-0.05, 0) is 33.0 Å². The number of hydrogen-bond donors (Lipinski definition) is 1. The minimum absolute atomic E-state index is 0.255. The quantitative estimate of drug-likeness (QED) is 0.857. The van der Waals surface area contributed by atoms with Crippen molar-refractivity contribution in [2.45, 2.75) is 19.9 Å². The van der Waals surface area contributed by atoms with Crippen molar-refractivity contribution in [2.24, 2.45) is 0 Å². The molecular weight excluding hydrogens is 202 g/mol. The normalized spacial score (nSPS) is 12.7. The second-order valence-corrected chi connectivity index (χ2v) is 3.72. The van der Waals surface area contributed by atoms with Crippen LogP contribution in [0.3, 0.4) is 0 Å². The maximum atomic E-state index is 5.26. The summed E-state index contributed by atoms with van der Waals surface area (Å²) in [7, 11) is 1.92. The molecule has 2 aromatic heterocycles. The molecule has 84 valence electrons. The lowest BCUT2D eigenvalue weighted by Gasteiger charge is -2.12. The Morgan fingerprint density at radius 2 is 2.25 bits per heavy atom. The molecule has 1 atom stereocenters. The number of nitrogens with one attached hydrogen (secondary N) is 1. The molecule has 0 aliphatic heterocycles. The van der Waals surface area contributed by atoms with Gasteiger partial charge < -0.3 is 9.73 Å². The minimum atomic E-state index is 0.255. The average molecular weight is 217 g/mol. The SMILES string of the molecule is CNC(C)c1cnc(-c2ccco2)nc1C. The van der Waals surface area contributed by atoms with Crippen LogP contribution in [0.1, 0.15) is 24.2 Å². The Bertz CT molecular complexity index is 465. The summed E-state index contributed by atoms with van der Waals surface area (Å²) in [5.74, 6) is 1.33. The number of aromatic nitrogens is 2. The minimum Gasteiger partial charge on any atom is -0.461 e. The Morgan fingerprint density at radius 1 is 1.44 bits per heavy atom. The van der Waals surface area contributed by atoms with Crippen LogP contribution >= 0.6 is 0 Å². The van der Waals surface area contributed by atoms with Crippen molar-refractivity contribution in [1.82, 2.24) is 15.3 Å². The van der Waals surface area contributed by atoms with Gasteiger partial charge in [-0.25, -0.2) is 9.97 Å². The van der Waals surface area contributed by atoms with Gasteiger partial charge in [0, 0.05) is 23.5 Å². The zero-order valence-electron chi connectivity index (χ0n) is 9.69. The van der Waals surface area contributed by atoms with Gasteiger partial charge in [-0.1, -0.05) is 0 Å². The van der Waals surface area contributed by atoms with Gasteiger partial charge in [-0.2, -0.15) is 0 Å². The van der Waals surface area contributed by atoms with Crippen LogP contribution in [0.5, 0.6) is 0 Å². The lowest BCUT2D eigenvalue weighted by atomic mass is 10.1. The van der Waals surface area contributed by atoms with Crippen LogP contribution in [0.15, 0.2) is 29.0 Å². The smallest absolute Gasteiger partial charge is 0.195 e. The van der Waals surface area contributed by atoms with E-state index >= 15 is 0 Å². The van der Waals surface area contributed by atoms with Gasteiger partial charge in [-0.15, -0.1) is 0 Å². The molecule has 1 unspecified atom stereocenters. The summed E-state index contributed by atoms with van der Waals surface area (Å²) in [4.78, 5) is 8.75. The molecule has 0 saturated carbocycles. The summed E-state index contributed by atoms with van der Waals surface area (Å²) in [6.07, 6.45) is 3.47. The molecule has 0 aromatic carbocycles. The first kappa shape index (κ1) is 10.8. The van der Waals surface area contributed by atoms with Crippen molar-refractivity contribution in [3.63, 3.8) is 0 Å². The number of nitrogens with zero attached hydrogens (tertiary/aromatic N) is 2. The first-order valence-corrected chi connectivity index (χ1v) is 5.27. The van der Waals surface area contributed by atoms with Gasteiger partial charge in [0.05, 0.1) is 6.26 Å². The van der Waals surface area contributed by atoms with Crippen LogP contribution in [0.4, 0.5) is 0 Å². The Hall–Kier alpha value is -1.68. The average Bonchev–Trinajstić information content (AvgIpc) is 2.81. The van der Waals surface area contributed by atoms with Gasteiger partial charge in [0.15, 0.2) is 11.6 Å². The predicted octanol–water partition coefficient (Wildman–Crippen LogP) is 2.33. The molecule has 0 saturated heterocycles. The predicted molar refractivity (Wildman–Crippen MR) is 61.9 cm³/mol. The van der Waals surface area contributed by atoms with Gasteiger partial charge in [0.1, 0.15) is 0 Å². The maximum absolute atomic E-state index is 5.26. The highest BCUT2D eigenvalue weighted by Gasteiger charge is 2.11. The molecule has 0 spiro atoms. The molecule has 0 aliphatic rings. The van der Waals surface area contributed by atoms with E-state index < -0.39 is 0 Å². The molecule has 4 heteroatoms. The van der Waals surface area contributed by atoms with E-state index in [-0.39, 0.29) is 6.04 Å². The summed E-state index contributed by atoms with van der Waals surface area (Å²) in [5, 5.41) is 3.17. The number of furan rings is 1. The molecule has 2 aromatic rings. The molecule has 2 rings (SSSR count). The van der Waals surface area contributed by atoms with Crippen LogP contribution in [-0.2, 0) is 0 Å². The third kappa shape index (κ3) is 1.97. The van der Waals surface area contributed by atoms with Gasteiger partial charge in [0.25, 0.3) is 0 Å². The van der Waals surface area contributed by atoms with E-state index in [2.05, 4.69) is 22.2 Å². The van der Waals surface area contributed by atoms with Crippen molar-refractivity contribution in [2.75, 3.05) is 7.05 Å². The maximum Gasteiger partial charge on any atom is 0.195 e. The molecular formula is C12H15N3O. The van der Waals surface area contributed by atoms with E-state index in [0.717, 1.165) is 11.3 Å². The molecule has 2 heterocycles. The van der Waals surface area contributed by atoms with Crippen LogP contribution in [0.25, 0.3) is 11.6 Å². The van der Waals surface area contributed by atoms with Gasteiger partial charge in [-0.3, -0.25) is 0 Å². The van der Waals surface area contributed by atoms with Crippen LogP contribution in [-0.4, -0.2) is 17.0 Å². The van der Waals surface area contributed by atoms with Crippen molar-refractivity contribution < 1.29 is 4.42 Å². The number of hydrogen-bond acceptors (Lipinski definition) is 4. The van der Waals surface area contributed by atoms with Crippen molar-refractivity contribution in [1.29, 1.82) is 0 Å². The highest BCUT2D eigenvalue weighted by molar-refractivity contribution is 5.46. The Kier molecular flexibility index (Phi) is 3.01. The third-order valence-electron chi connectivity index (χ3n) is 2.66. The summed E-state index contributed by atoms with van der Waals surface area (Å²) in [6.45, 7) is 4.07. The summed E-state index contributed by atoms with van der Waals surface area (Å²) in [6, 6.07) is 3.94. The van der Waals surface area contributed by atoms with Crippen molar-refractivity contribution >= 4 is 0 Å². The van der Waals surface area contributed by atoms with E-state index in [9.17, 15) is 0 Å². The third-order valence-corrected chi connectivity index (χ3v) is 2.66. The fraction of sp³-hybridized carbons (Fsp3) is 0.333. The summed E-state index contributed by atoms with van der Waals surface area (Å²) < 4.78 is 5.26. The van der Waals surface area contributed by atoms with Gasteiger partial charge >= 0.3 is 0 Å². The molecule has 0 amide bonds. The van der Waals surface area contributed by atoms with E-state index in [4.69, 9.17) is 4.42 Å². The highest BCUT2D eigenvalue weighted by Crippen LogP contribution is 2.19. The molecule has 0 aliphatic carbocycles. The fourth-order valence-electron chi connectivity index (χ4n) is 1.58. The molecule has 0 radical (unpaired) electrons. The zero-order valence-corrected chi connectivity index (χ0v) is 9.69. The van der Waals surface area contributed by atoms with E-state index in [0.29, 0.717) is 11.6 Å². The van der Waals surface area contributed by atoms with Crippen molar-refractivity contribution in [3.8, 4) is 11.6 Å². The Labute approximate surface area is 94.7 Å². The van der Waals surface area contributed by atoms with E-state index in [1.165, 1.54) is 0 Å². The van der Waals surface area contributed by atoms with Crippen LogP contribution in [0, 0.1) is 6.92 Å². The summed E-state index contributed by atoms with van der Waals surface area (Å²) in [5.41, 5.74) is 2.08. The molecule has 0 bridgehead atoms. The standard InChI is InChI=1S/C12H15N3O/c1-8(13-3)10-7-14-12(15-9(10)2)11-5-4-6-16-11/h4-8,13H,1-3H3. The highest BCUT2D eigenvalue weighted by atomic mass is 16.3. The molecule has 4 nitrogen and oxygen atoms in total. The topological polar surface area (TPSA) is 51.0 Å². The lowest BCUT2D eigenvalue weighted by Crippen LogP contribution is -2.14. The monoisotopic (exact) mass is 217 g/mol. The zero-order chi connectivity index (χ0) is 11.5. The first-order valence-electron chi connectivity index (χ1n) is 5.27. The van der Waals surface area contributed by atoms with Crippen molar-refractivity contribution in [3.05, 3.63) is 35.9 Å². The molecule has 1 N–H and O–H groups in total. The Balaban J connectivity index is 2.37. The van der Waals surface area contributed by atoms with E-state index in [1.54, 1.807) is 6.26 Å². The molecule has 0 fully saturated rings. The van der Waals surface area contributed by atoms with Crippen LogP contribution < -0.4 is 5.32 Å². The number of rotatable bonds is 3. The van der Waals surface area contributed by atoms with E-state index in [1.807, 2.05) is 32.3 Å². The Morgan fingerprint density at radius 3 is 2.81 bits per heavy atom. The summed E-state index contributed by atoms with van der Waals surface area (Å²) >= 11 is 0. The largest absolute Gasteiger partial charge is 0.461 e. The van der Waals surface area contributed by atoms with Gasteiger partial charge in [0.2, 0.25) is 0 Å².